The first-order valence-electron chi connectivity index (χ1n) is 11.5. The molecule has 0 amide bonds. The van der Waals surface area contributed by atoms with Crippen molar-refractivity contribution < 1.29 is 23.5 Å². The van der Waals surface area contributed by atoms with Crippen molar-refractivity contribution in [1.29, 1.82) is 0 Å². The molecule has 0 N–H and O–H groups in total. The first-order chi connectivity index (χ1) is 18.0. The summed E-state index contributed by atoms with van der Waals surface area (Å²) in [7, 11) is 1.56. The zero-order valence-electron chi connectivity index (χ0n) is 19.8. The molecule has 6 heteroatoms. The molecular formula is C31H21ClO5. The molecule has 0 aliphatic heterocycles. The summed E-state index contributed by atoms with van der Waals surface area (Å²) in [5.74, 6) is 0.516. The second-order valence-electron chi connectivity index (χ2n) is 8.17. The van der Waals surface area contributed by atoms with Crippen LogP contribution in [0.4, 0.5) is 0 Å². The monoisotopic (exact) mass is 508 g/mol. The fourth-order valence-electron chi connectivity index (χ4n) is 3.94. The van der Waals surface area contributed by atoms with Gasteiger partial charge in [0.25, 0.3) is 0 Å². The number of ether oxygens (including phenoxy) is 2. The summed E-state index contributed by atoms with van der Waals surface area (Å²) in [4.78, 5) is 26.2. The number of carbonyl (C=O) groups excluding carboxylic acids is 2. The van der Waals surface area contributed by atoms with E-state index >= 15 is 0 Å². The number of para-hydroxylation sites is 1. The van der Waals surface area contributed by atoms with Gasteiger partial charge >= 0.3 is 5.97 Å². The average molecular weight is 509 g/mol. The van der Waals surface area contributed by atoms with E-state index in [9.17, 15) is 9.59 Å². The maximum atomic E-state index is 13.6. The van der Waals surface area contributed by atoms with Crippen molar-refractivity contribution >= 4 is 40.4 Å². The van der Waals surface area contributed by atoms with Crippen molar-refractivity contribution in [2.24, 2.45) is 0 Å². The van der Waals surface area contributed by atoms with Crippen molar-refractivity contribution in [2.45, 2.75) is 0 Å². The SMILES string of the molecule is COc1ccc2oc(-c3ccccc3)c(C(=O)Oc3ccccc3C=CC(=O)c3ccc(Cl)cc3)c2c1. The quantitative estimate of drug-likeness (QED) is 0.0968. The molecule has 0 fully saturated rings. The molecule has 0 spiro atoms. The highest BCUT2D eigenvalue weighted by Crippen LogP contribution is 2.36. The smallest absolute Gasteiger partial charge is 0.348 e. The second kappa shape index (κ2) is 10.6. The Hall–Kier alpha value is -4.61. The lowest BCUT2D eigenvalue weighted by atomic mass is 10.1. The van der Waals surface area contributed by atoms with Gasteiger partial charge in [-0.3, -0.25) is 4.79 Å². The molecule has 0 bridgehead atoms. The zero-order chi connectivity index (χ0) is 25.8. The number of hydrogen-bond donors (Lipinski definition) is 0. The summed E-state index contributed by atoms with van der Waals surface area (Å²) >= 11 is 5.91. The Balaban J connectivity index is 1.50. The zero-order valence-corrected chi connectivity index (χ0v) is 20.6. The Kier molecular flexibility index (Phi) is 6.88. The lowest BCUT2D eigenvalue weighted by Gasteiger charge is -2.08. The Morgan fingerprint density at radius 1 is 0.865 bits per heavy atom. The molecule has 1 aromatic heterocycles. The van der Waals surface area contributed by atoms with E-state index in [-0.39, 0.29) is 11.3 Å². The lowest BCUT2D eigenvalue weighted by Crippen LogP contribution is -2.10. The van der Waals surface area contributed by atoms with E-state index in [2.05, 4.69) is 0 Å². The highest BCUT2D eigenvalue weighted by Gasteiger charge is 2.25. The minimum absolute atomic E-state index is 0.197. The van der Waals surface area contributed by atoms with Crippen LogP contribution in [-0.4, -0.2) is 18.9 Å². The largest absolute Gasteiger partial charge is 0.497 e. The number of allylic oxidation sites excluding steroid dienone is 1. The minimum Gasteiger partial charge on any atom is -0.497 e. The molecule has 0 radical (unpaired) electrons. The molecule has 5 nitrogen and oxygen atoms in total. The van der Waals surface area contributed by atoms with Crippen LogP contribution in [0.2, 0.25) is 5.02 Å². The van der Waals surface area contributed by atoms with E-state index in [1.54, 1.807) is 79.9 Å². The summed E-state index contributed by atoms with van der Waals surface area (Å²) in [5.41, 5.74) is 2.64. The van der Waals surface area contributed by atoms with Crippen LogP contribution in [0, 0.1) is 0 Å². The number of benzene rings is 4. The van der Waals surface area contributed by atoms with Crippen molar-refractivity contribution in [2.75, 3.05) is 7.11 Å². The first kappa shape index (κ1) is 24.1. The normalized spacial score (nSPS) is 11.1. The van der Waals surface area contributed by atoms with Gasteiger partial charge in [-0.25, -0.2) is 4.79 Å². The number of halogens is 1. The first-order valence-corrected chi connectivity index (χ1v) is 11.9. The van der Waals surface area contributed by atoms with Gasteiger partial charge in [-0.2, -0.15) is 0 Å². The van der Waals surface area contributed by atoms with Crippen molar-refractivity contribution in [3.63, 3.8) is 0 Å². The van der Waals surface area contributed by atoms with Crippen LogP contribution >= 0.6 is 11.6 Å². The van der Waals surface area contributed by atoms with Gasteiger partial charge in [-0.05, 0) is 60.7 Å². The van der Waals surface area contributed by atoms with Gasteiger partial charge in [0.1, 0.15) is 28.4 Å². The van der Waals surface area contributed by atoms with E-state index in [1.165, 1.54) is 6.08 Å². The molecule has 5 aromatic rings. The number of furan rings is 1. The van der Waals surface area contributed by atoms with Gasteiger partial charge in [0.15, 0.2) is 5.78 Å². The van der Waals surface area contributed by atoms with E-state index in [0.29, 0.717) is 44.4 Å². The average Bonchev–Trinajstić information content (AvgIpc) is 3.32. The van der Waals surface area contributed by atoms with Crippen LogP contribution in [0.5, 0.6) is 11.5 Å². The third kappa shape index (κ3) is 5.17. The van der Waals surface area contributed by atoms with Gasteiger partial charge in [0.05, 0.1) is 7.11 Å². The van der Waals surface area contributed by atoms with Gasteiger partial charge < -0.3 is 13.9 Å². The highest BCUT2D eigenvalue weighted by atomic mass is 35.5. The van der Waals surface area contributed by atoms with Crippen LogP contribution in [0.3, 0.4) is 0 Å². The molecule has 182 valence electrons. The molecule has 0 atom stereocenters. The van der Waals surface area contributed by atoms with Crippen molar-refractivity contribution in [1.82, 2.24) is 0 Å². The molecule has 0 saturated heterocycles. The van der Waals surface area contributed by atoms with E-state index in [4.69, 9.17) is 25.5 Å². The maximum absolute atomic E-state index is 13.6. The molecule has 0 aliphatic carbocycles. The third-order valence-electron chi connectivity index (χ3n) is 5.80. The Bertz CT molecular complexity index is 1620. The maximum Gasteiger partial charge on any atom is 0.348 e. The van der Waals surface area contributed by atoms with Gasteiger partial charge in [-0.1, -0.05) is 60.1 Å². The van der Waals surface area contributed by atoms with Crippen molar-refractivity contribution in [3.05, 3.63) is 125 Å². The number of hydrogen-bond acceptors (Lipinski definition) is 5. The summed E-state index contributed by atoms with van der Waals surface area (Å²) in [5, 5.41) is 1.13. The van der Waals surface area contributed by atoms with Crippen LogP contribution < -0.4 is 9.47 Å². The fourth-order valence-corrected chi connectivity index (χ4v) is 4.06. The summed E-state index contributed by atoms with van der Waals surface area (Å²) in [6.07, 6.45) is 3.05. The summed E-state index contributed by atoms with van der Waals surface area (Å²) in [6.45, 7) is 0. The van der Waals surface area contributed by atoms with Crippen LogP contribution in [0.15, 0.2) is 108 Å². The molecule has 0 aliphatic rings. The van der Waals surface area contributed by atoms with E-state index in [0.717, 1.165) is 5.56 Å². The van der Waals surface area contributed by atoms with Crippen LogP contribution in [0.25, 0.3) is 28.4 Å². The number of carbonyl (C=O) groups is 2. The summed E-state index contributed by atoms with van der Waals surface area (Å²) < 4.78 is 17.3. The molecular weight excluding hydrogens is 488 g/mol. The van der Waals surface area contributed by atoms with E-state index in [1.807, 2.05) is 30.3 Å². The number of esters is 1. The minimum atomic E-state index is -0.587. The molecule has 0 saturated carbocycles. The Morgan fingerprint density at radius 2 is 1.59 bits per heavy atom. The van der Waals surface area contributed by atoms with Crippen LogP contribution in [-0.2, 0) is 0 Å². The highest BCUT2D eigenvalue weighted by molar-refractivity contribution is 6.30. The number of rotatable bonds is 7. The summed E-state index contributed by atoms with van der Waals surface area (Å²) in [6, 6.07) is 28.3. The molecule has 37 heavy (non-hydrogen) atoms. The molecule has 5 rings (SSSR count). The number of fused-ring (bicyclic) bond motifs is 1. The van der Waals surface area contributed by atoms with Gasteiger partial charge in [0, 0.05) is 27.1 Å². The Morgan fingerprint density at radius 3 is 2.35 bits per heavy atom. The Labute approximate surface area is 218 Å². The predicted molar refractivity (Wildman–Crippen MR) is 144 cm³/mol. The van der Waals surface area contributed by atoms with Crippen LogP contribution in [0.1, 0.15) is 26.3 Å². The lowest BCUT2D eigenvalue weighted by molar-refractivity contribution is 0.0736. The molecule has 4 aromatic carbocycles. The topological polar surface area (TPSA) is 65.7 Å². The van der Waals surface area contributed by atoms with E-state index < -0.39 is 5.97 Å². The molecule has 1 heterocycles. The standard InChI is InChI=1S/C31H21ClO5/c1-35-24-16-18-28-25(19-24)29(30(36-28)22-8-3-2-4-9-22)31(34)37-27-10-6-5-7-21(27)13-17-26(33)20-11-14-23(32)15-12-20/h2-19H,1H3. The van der Waals surface area contributed by atoms with Gasteiger partial charge in [0.2, 0.25) is 0 Å². The third-order valence-corrected chi connectivity index (χ3v) is 6.05. The number of methoxy groups -OCH3 is 1. The molecule has 0 unspecified atom stereocenters. The second-order valence-corrected chi connectivity index (χ2v) is 8.60. The predicted octanol–water partition coefficient (Wildman–Crippen LogP) is 7.88. The van der Waals surface area contributed by atoms with Crippen molar-refractivity contribution in [3.8, 4) is 22.8 Å². The van der Waals surface area contributed by atoms with Gasteiger partial charge in [-0.15, -0.1) is 0 Å². The fraction of sp³-hybridized carbons (Fsp3) is 0.0323. The number of ketones is 1.